The smallest absolute Gasteiger partial charge is 0.272 e. The molecule has 17 heavy (non-hydrogen) atoms. The molecule has 0 saturated carbocycles. The first-order valence-electron chi connectivity index (χ1n) is 5.45. The Morgan fingerprint density at radius 1 is 1.65 bits per heavy atom. The summed E-state index contributed by atoms with van der Waals surface area (Å²) in [6.07, 6.45) is -0.311. The highest BCUT2D eigenvalue weighted by Crippen LogP contribution is 2.10. The zero-order valence-electron chi connectivity index (χ0n) is 9.37. The van der Waals surface area contributed by atoms with E-state index in [-0.39, 0.29) is 18.6 Å². The number of morpholine rings is 1. The summed E-state index contributed by atoms with van der Waals surface area (Å²) in [7, 11) is 0. The van der Waals surface area contributed by atoms with Crippen molar-refractivity contribution in [2.75, 3.05) is 32.0 Å². The molecule has 1 amide bonds. The Labute approximate surface area is 99.0 Å². The van der Waals surface area contributed by atoms with Crippen LogP contribution < -0.4 is 5.73 Å². The van der Waals surface area contributed by atoms with Gasteiger partial charge in [-0.2, -0.15) is 0 Å². The molecule has 1 aromatic heterocycles. The fourth-order valence-corrected chi connectivity index (χ4v) is 1.75. The Morgan fingerprint density at radius 3 is 3.18 bits per heavy atom. The van der Waals surface area contributed by atoms with Crippen molar-refractivity contribution in [2.45, 2.75) is 6.10 Å². The third-order valence-corrected chi connectivity index (χ3v) is 2.62. The van der Waals surface area contributed by atoms with Crippen LogP contribution >= 0.6 is 0 Å². The lowest BCUT2D eigenvalue weighted by Gasteiger charge is -2.31. The average molecular weight is 237 g/mol. The first-order chi connectivity index (χ1) is 8.20. The molecule has 1 aromatic rings. The first-order valence-corrected chi connectivity index (χ1v) is 5.45. The molecule has 1 unspecified atom stereocenters. The van der Waals surface area contributed by atoms with Crippen LogP contribution in [0.15, 0.2) is 18.2 Å². The van der Waals surface area contributed by atoms with Crippen LogP contribution in [0.2, 0.25) is 0 Å². The monoisotopic (exact) mass is 237 g/mol. The first kappa shape index (κ1) is 11.8. The third-order valence-electron chi connectivity index (χ3n) is 2.62. The van der Waals surface area contributed by atoms with Gasteiger partial charge in [0.05, 0.1) is 19.3 Å². The van der Waals surface area contributed by atoms with Gasteiger partial charge in [0, 0.05) is 13.1 Å². The normalized spacial score (nSPS) is 20.3. The van der Waals surface area contributed by atoms with Crippen LogP contribution in [0.4, 0.5) is 5.82 Å². The van der Waals surface area contributed by atoms with E-state index < -0.39 is 0 Å². The van der Waals surface area contributed by atoms with Crippen molar-refractivity contribution in [3.05, 3.63) is 23.9 Å². The highest BCUT2D eigenvalue weighted by Gasteiger charge is 2.25. The number of amides is 1. The van der Waals surface area contributed by atoms with Crippen molar-refractivity contribution in [2.24, 2.45) is 0 Å². The number of hydrogen-bond donors (Lipinski definition) is 2. The second-order valence-corrected chi connectivity index (χ2v) is 3.87. The SMILES string of the molecule is Nc1cccc(C(=O)N2CCOC(CO)C2)n1. The Bertz CT molecular complexity index is 411. The van der Waals surface area contributed by atoms with Gasteiger partial charge in [0.25, 0.3) is 5.91 Å². The fourth-order valence-electron chi connectivity index (χ4n) is 1.75. The number of carbonyl (C=O) groups is 1. The molecule has 0 radical (unpaired) electrons. The molecule has 6 nitrogen and oxygen atoms in total. The summed E-state index contributed by atoms with van der Waals surface area (Å²) in [4.78, 5) is 17.7. The maximum absolute atomic E-state index is 12.1. The summed E-state index contributed by atoms with van der Waals surface area (Å²) in [5, 5.41) is 9.01. The Balaban J connectivity index is 2.09. The van der Waals surface area contributed by atoms with E-state index in [4.69, 9.17) is 15.6 Å². The quantitative estimate of drug-likeness (QED) is 0.723. The van der Waals surface area contributed by atoms with Crippen LogP contribution in [0.3, 0.4) is 0 Å². The number of aromatic nitrogens is 1. The highest BCUT2D eigenvalue weighted by molar-refractivity contribution is 5.92. The number of nitrogen functional groups attached to an aromatic ring is 1. The van der Waals surface area contributed by atoms with Crippen molar-refractivity contribution >= 4 is 11.7 Å². The highest BCUT2D eigenvalue weighted by atomic mass is 16.5. The van der Waals surface area contributed by atoms with Crippen LogP contribution in [0.25, 0.3) is 0 Å². The summed E-state index contributed by atoms with van der Waals surface area (Å²) in [6.45, 7) is 1.23. The van der Waals surface area contributed by atoms with Crippen LogP contribution in [0, 0.1) is 0 Å². The van der Waals surface area contributed by atoms with Crippen molar-refractivity contribution in [3.8, 4) is 0 Å². The second-order valence-electron chi connectivity index (χ2n) is 3.87. The largest absolute Gasteiger partial charge is 0.394 e. The molecule has 0 bridgehead atoms. The minimum absolute atomic E-state index is 0.0891. The van der Waals surface area contributed by atoms with Gasteiger partial charge in [-0.05, 0) is 12.1 Å². The zero-order valence-corrected chi connectivity index (χ0v) is 9.37. The van der Waals surface area contributed by atoms with Gasteiger partial charge >= 0.3 is 0 Å². The zero-order chi connectivity index (χ0) is 12.3. The molecule has 0 aromatic carbocycles. The minimum Gasteiger partial charge on any atom is -0.394 e. The van der Waals surface area contributed by atoms with Gasteiger partial charge in [0.15, 0.2) is 0 Å². The molecule has 2 heterocycles. The predicted molar refractivity (Wildman–Crippen MR) is 61.4 cm³/mol. The number of hydrogen-bond acceptors (Lipinski definition) is 5. The molecule has 92 valence electrons. The van der Waals surface area contributed by atoms with Gasteiger partial charge in [-0.1, -0.05) is 6.07 Å². The molecule has 1 aliphatic heterocycles. The van der Waals surface area contributed by atoms with Gasteiger partial charge in [-0.3, -0.25) is 4.79 Å². The van der Waals surface area contributed by atoms with Gasteiger partial charge < -0.3 is 20.5 Å². The maximum Gasteiger partial charge on any atom is 0.272 e. The number of ether oxygens (including phenoxy) is 1. The van der Waals surface area contributed by atoms with Crippen LogP contribution in [0.1, 0.15) is 10.5 Å². The number of rotatable bonds is 2. The summed E-state index contributed by atoms with van der Waals surface area (Å²) >= 11 is 0. The number of aliphatic hydroxyl groups is 1. The molecule has 3 N–H and O–H groups in total. The topological polar surface area (TPSA) is 88.7 Å². The van der Waals surface area contributed by atoms with Crippen molar-refractivity contribution in [1.29, 1.82) is 0 Å². The molecular weight excluding hydrogens is 222 g/mol. The summed E-state index contributed by atoms with van der Waals surface area (Å²) in [5.74, 6) is 0.141. The summed E-state index contributed by atoms with van der Waals surface area (Å²) < 4.78 is 5.28. The predicted octanol–water partition coefficient (Wildman–Crippen LogP) is -0.503. The van der Waals surface area contributed by atoms with E-state index in [0.717, 1.165) is 0 Å². The standard InChI is InChI=1S/C11H15N3O3/c12-10-3-1-2-9(13-10)11(16)14-4-5-17-8(6-14)7-15/h1-3,8,15H,4-7H2,(H2,12,13). The Morgan fingerprint density at radius 2 is 2.47 bits per heavy atom. The Hall–Kier alpha value is -1.66. The van der Waals surface area contributed by atoms with Crippen molar-refractivity contribution in [3.63, 3.8) is 0 Å². The lowest BCUT2D eigenvalue weighted by Crippen LogP contribution is -2.47. The lowest BCUT2D eigenvalue weighted by molar-refractivity contribution is -0.0448. The fraction of sp³-hybridized carbons (Fsp3) is 0.455. The van der Waals surface area contributed by atoms with E-state index in [2.05, 4.69) is 4.98 Å². The molecule has 2 rings (SSSR count). The van der Waals surface area contributed by atoms with Gasteiger partial charge in [0.1, 0.15) is 11.5 Å². The van der Waals surface area contributed by atoms with E-state index in [0.29, 0.717) is 31.2 Å². The molecule has 1 aliphatic rings. The van der Waals surface area contributed by atoms with Gasteiger partial charge in [-0.15, -0.1) is 0 Å². The number of carbonyl (C=O) groups excluding carboxylic acids is 1. The van der Waals surface area contributed by atoms with Crippen LogP contribution in [-0.4, -0.2) is 53.3 Å². The Kier molecular flexibility index (Phi) is 3.55. The average Bonchev–Trinajstić information content (AvgIpc) is 2.38. The maximum atomic E-state index is 12.1. The summed E-state index contributed by atoms with van der Waals surface area (Å²) in [6, 6.07) is 4.95. The number of aliphatic hydroxyl groups excluding tert-OH is 1. The van der Waals surface area contributed by atoms with Crippen molar-refractivity contribution < 1.29 is 14.6 Å². The molecule has 0 spiro atoms. The number of nitrogens with two attached hydrogens (primary N) is 1. The molecule has 0 aliphatic carbocycles. The van der Waals surface area contributed by atoms with E-state index in [1.807, 2.05) is 0 Å². The van der Waals surface area contributed by atoms with Crippen molar-refractivity contribution in [1.82, 2.24) is 9.88 Å². The van der Waals surface area contributed by atoms with Crippen LogP contribution in [0.5, 0.6) is 0 Å². The number of anilines is 1. The van der Waals surface area contributed by atoms with Gasteiger partial charge in [0.2, 0.25) is 0 Å². The summed E-state index contributed by atoms with van der Waals surface area (Å²) in [5.41, 5.74) is 5.86. The number of nitrogens with zero attached hydrogens (tertiary/aromatic N) is 2. The van der Waals surface area contributed by atoms with Crippen LogP contribution in [-0.2, 0) is 4.74 Å². The third kappa shape index (κ3) is 2.72. The second kappa shape index (κ2) is 5.11. The molecular formula is C11H15N3O3. The molecule has 1 fully saturated rings. The van der Waals surface area contributed by atoms with E-state index in [1.165, 1.54) is 0 Å². The molecule has 1 atom stereocenters. The van der Waals surface area contributed by atoms with E-state index in [1.54, 1.807) is 23.1 Å². The minimum atomic E-state index is -0.311. The lowest BCUT2D eigenvalue weighted by atomic mass is 10.2. The number of pyridine rings is 1. The van der Waals surface area contributed by atoms with E-state index >= 15 is 0 Å². The van der Waals surface area contributed by atoms with E-state index in [9.17, 15) is 4.79 Å². The van der Waals surface area contributed by atoms with Gasteiger partial charge in [-0.25, -0.2) is 4.98 Å². The molecule has 6 heteroatoms. The molecule has 1 saturated heterocycles.